The van der Waals surface area contributed by atoms with E-state index < -0.39 is 6.03 Å². The molecule has 3 heterocycles. The maximum absolute atomic E-state index is 12.9. The summed E-state index contributed by atoms with van der Waals surface area (Å²) in [6.45, 7) is 2.33. The molecule has 0 unspecified atom stereocenters. The second-order valence-corrected chi connectivity index (χ2v) is 8.53. The molecule has 158 valence electrons. The van der Waals surface area contributed by atoms with Gasteiger partial charge in [0.05, 0.1) is 22.0 Å². The van der Waals surface area contributed by atoms with Crippen molar-refractivity contribution in [1.29, 1.82) is 0 Å². The molecule has 0 bridgehead atoms. The Bertz CT molecular complexity index is 1250. The van der Waals surface area contributed by atoms with E-state index in [1.54, 1.807) is 17.4 Å². The van der Waals surface area contributed by atoms with Crippen molar-refractivity contribution in [3.05, 3.63) is 75.8 Å². The van der Waals surface area contributed by atoms with Gasteiger partial charge in [-0.05, 0) is 48.7 Å². The predicted octanol–water partition coefficient (Wildman–Crippen LogP) is 4.36. The number of rotatable bonds is 6. The van der Waals surface area contributed by atoms with E-state index >= 15 is 0 Å². The molecular weight excluding hydrogens is 437 g/mol. The molecule has 0 saturated heterocycles. The van der Waals surface area contributed by atoms with Crippen molar-refractivity contribution >= 4 is 34.4 Å². The van der Waals surface area contributed by atoms with Crippen LogP contribution in [-0.4, -0.2) is 27.3 Å². The highest BCUT2D eigenvalue weighted by Crippen LogP contribution is 2.35. The Morgan fingerprint density at radius 1 is 1.16 bits per heavy atom. The van der Waals surface area contributed by atoms with Gasteiger partial charge in [0.25, 0.3) is 5.56 Å². The lowest BCUT2D eigenvalue weighted by Gasteiger charge is -2.09. The SMILES string of the molecule is Cc1nc(-c2cccs2)sc1-c1ccc(=O)n(CCNC(=O)Nc2ccc(F)cc2)n1. The van der Waals surface area contributed by atoms with Crippen molar-refractivity contribution in [3.8, 4) is 20.5 Å². The van der Waals surface area contributed by atoms with E-state index in [4.69, 9.17) is 0 Å². The lowest BCUT2D eigenvalue weighted by Crippen LogP contribution is -2.34. The van der Waals surface area contributed by atoms with Gasteiger partial charge in [0.2, 0.25) is 0 Å². The Labute approximate surface area is 185 Å². The molecule has 10 heteroatoms. The van der Waals surface area contributed by atoms with Gasteiger partial charge in [-0.1, -0.05) is 6.07 Å². The van der Waals surface area contributed by atoms with E-state index in [0.29, 0.717) is 11.4 Å². The number of thiazole rings is 1. The largest absolute Gasteiger partial charge is 0.336 e. The molecule has 0 radical (unpaired) electrons. The summed E-state index contributed by atoms with van der Waals surface area (Å²) in [5.74, 6) is -0.380. The van der Waals surface area contributed by atoms with Crippen molar-refractivity contribution in [2.45, 2.75) is 13.5 Å². The van der Waals surface area contributed by atoms with Gasteiger partial charge in [0.1, 0.15) is 16.5 Å². The molecule has 0 aliphatic carbocycles. The summed E-state index contributed by atoms with van der Waals surface area (Å²) in [4.78, 5) is 30.8. The van der Waals surface area contributed by atoms with Crippen LogP contribution in [-0.2, 0) is 6.54 Å². The van der Waals surface area contributed by atoms with Gasteiger partial charge in [-0.3, -0.25) is 4.79 Å². The third-order valence-corrected chi connectivity index (χ3v) is 6.56. The minimum atomic E-state index is -0.449. The van der Waals surface area contributed by atoms with Crippen molar-refractivity contribution in [2.75, 3.05) is 11.9 Å². The van der Waals surface area contributed by atoms with Gasteiger partial charge >= 0.3 is 6.03 Å². The number of aryl methyl sites for hydroxylation is 1. The number of aromatic nitrogens is 3. The maximum atomic E-state index is 12.9. The molecule has 0 aliphatic heterocycles. The molecule has 4 rings (SSSR count). The second-order valence-electron chi connectivity index (χ2n) is 6.58. The van der Waals surface area contributed by atoms with E-state index in [1.165, 1.54) is 46.4 Å². The number of hydrogen-bond acceptors (Lipinski definition) is 6. The quantitative estimate of drug-likeness (QED) is 0.452. The Balaban J connectivity index is 1.42. The van der Waals surface area contributed by atoms with Crippen LogP contribution in [0.2, 0.25) is 0 Å². The highest BCUT2D eigenvalue weighted by molar-refractivity contribution is 7.23. The molecule has 31 heavy (non-hydrogen) atoms. The van der Waals surface area contributed by atoms with Crippen molar-refractivity contribution in [2.24, 2.45) is 0 Å². The first-order chi connectivity index (χ1) is 15.0. The summed E-state index contributed by atoms with van der Waals surface area (Å²) >= 11 is 3.15. The van der Waals surface area contributed by atoms with Gasteiger partial charge in [-0.25, -0.2) is 18.9 Å². The minimum Gasteiger partial charge on any atom is -0.336 e. The van der Waals surface area contributed by atoms with Crippen LogP contribution < -0.4 is 16.2 Å². The zero-order chi connectivity index (χ0) is 21.8. The predicted molar refractivity (Wildman–Crippen MR) is 121 cm³/mol. The van der Waals surface area contributed by atoms with Crippen LogP contribution in [0.25, 0.3) is 20.5 Å². The van der Waals surface area contributed by atoms with Gasteiger partial charge in [0, 0.05) is 18.3 Å². The average molecular weight is 456 g/mol. The van der Waals surface area contributed by atoms with Crippen molar-refractivity contribution in [1.82, 2.24) is 20.1 Å². The standard InChI is InChI=1S/C21H18FN5O2S2/c1-13-19(31-20(24-13)17-3-2-12-30-17)16-8-9-18(28)27(26-16)11-10-23-21(29)25-15-6-4-14(22)5-7-15/h2-9,12H,10-11H2,1H3,(H2,23,25,29). The molecule has 0 atom stereocenters. The molecule has 0 spiro atoms. The fourth-order valence-electron chi connectivity index (χ4n) is 2.85. The van der Waals surface area contributed by atoms with Gasteiger partial charge < -0.3 is 10.6 Å². The third-order valence-electron chi connectivity index (χ3n) is 4.34. The number of anilines is 1. The zero-order valence-electron chi connectivity index (χ0n) is 16.5. The molecule has 0 fully saturated rings. The van der Waals surface area contributed by atoms with E-state index in [2.05, 4.69) is 20.7 Å². The van der Waals surface area contributed by atoms with Crippen LogP contribution in [0.5, 0.6) is 0 Å². The topological polar surface area (TPSA) is 88.9 Å². The van der Waals surface area contributed by atoms with E-state index in [1.807, 2.05) is 24.4 Å². The molecule has 0 aliphatic rings. The van der Waals surface area contributed by atoms with Crippen molar-refractivity contribution in [3.63, 3.8) is 0 Å². The van der Waals surface area contributed by atoms with E-state index in [0.717, 1.165) is 20.5 Å². The second kappa shape index (κ2) is 9.19. The summed E-state index contributed by atoms with van der Waals surface area (Å²) in [5, 5.41) is 12.6. The van der Waals surface area contributed by atoms with Crippen LogP contribution in [0.3, 0.4) is 0 Å². The number of carbonyl (C=O) groups excluding carboxylic acids is 1. The van der Waals surface area contributed by atoms with Crippen LogP contribution in [0.4, 0.5) is 14.9 Å². The molecule has 3 aromatic heterocycles. The van der Waals surface area contributed by atoms with Crippen molar-refractivity contribution < 1.29 is 9.18 Å². The Hall–Kier alpha value is -3.37. The fourth-order valence-corrected chi connectivity index (χ4v) is 4.68. The number of halogens is 1. The Kier molecular flexibility index (Phi) is 6.19. The summed E-state index contributed by atoms with van der Waals surface area (Å²) in [7, 11) is 0. The third kappa shape index (κ3) is 5.04. The monoisotopic (exact) mass is 455 g/mol. The number of carbonyl (C=O) groups is 1. The lowest BCUT2D eigenvalue weighted by atomic mass is 10.3. The Morgan fingerprint density at radius 2 is 1.97 bits per heavy atom. The van der Waals surface area contributed by atoms with Gasteiger partial charge in [-0.15, -0.1) is 22.7 Å². The number of amides is 2. The summed E-state index contributed by atoms with van der Waals surface area (Å²) < 4.78 is 14.3. The minimum absolute atomic E-state index is 0.200. The molecular formula is C21H18FN5O2S2. The van der Waals surface area contributed by atoms with Crippen LogP contribution in [0.1, 0.15) is 5.69 Å². The summed E-state index contributed by atoms with van der Waals surface area (Å²) in [6.07, 6.45) is 0. The molecule has 7 nitrogen and oxygen atoms in total. The molecule has 0 saturated carbocycles. The summed E-state index contributed by atoms with van der Waals surface area (Å²) in [5.41, 5.74) is 1.72. The van der Waals surface area contributed by atoms with E-state index in [-0.39, 0.29) is 24.5 Å². The fraction of sp³-hybridized carbons (Fsp3) is 0.143. The van der Waals surface area contributed by atoms with Crippen LogP contribution in [0, 0.1) is 12.7 Å². The smallest absolute Gasteiger partial charge is 0.319 e. The molecule has 1 aromatic carbocycles. The van der Waals surface area contributed by atoms with Crippen LogP contribution >= 0.6 is 22.7 Å². The lowest BCUT2D eigenvalue weighted by molar-refractivity contribution is 0.251. The van der Waals surface area contributed by atoms with Gasteiger partial charge in [0.15, 0.2) is 0 Å². The van der Waals surface area contributed by atoms with Crippen LogP contribution in [0.15, 0.2) is 58.7 Å². The van der Waals surface area contributed by atoms with Gasteiger partial charge in [-0.2, -0.15) is 5.10 Å². The van der Waals surface area contributed by atoms with E-state index in [9.17, 15) is 14.0 Å². The molecule has 4 aromatic rings. The Morgan fingerprint density at radius 3 is 2.71 bits per heavy atom. The number of benzene rings is 1. The average Bonchev–Trinajstić information content (AvgIpc) is 3.41. The first kappa shape index (κ1) is 20.9. The number of thiophene rings is 1. The molecule has 2 N–H and O–H groups in total. The number of nitrogens with zero attached hydrogens (tertiary/aromatic N) is 3. The first-order valence-electron chi connectivity index (χ1n) is 9.40. The highest BCUT2D eigenvalue weighted by Gasteiger charge is 2.14. The highest BCUT2D eigenvalue weighted by atomic mass is 32.1. The number of hydrogen-bond donors (Lipinski definition) is 2. The normalized spacial score (nSPS) is 10.8. The maximum Gasteiger partial charge on any atom is 0.319 e. The number of urea groups is 1. The number of nitrogens with one attached hydrogen (secondary N) is 2. The first-order valence-corrected chi connectivity index (χ1v) is 11.1. The summed E-state index contributed by atoms with van der Waals surface area (Å²) in [6, 6.07) is 12.1. The molecule has 2 amide bonds. The zero-order valence-corrected chi connectivity index (χ0v) is 18.1.